The Hall–Kier alpha value is -1.36. The van der Waals surface area contributed by atoms with E-state index in [2.05, 4.69) is 4.98 Å². The number of rotatable bonds is 2. The highest BCUT2D eigenvalue weighted by molar-refractivity contribution is 5.80. The van der Waals surface area contributed by atoms with Gasteiger partial charge in [0.15, 0.2) is 0 Å². The minimum atomic E-state index is -0.180. The molecule has 2 rings (SSSR count). The summed E-state index contributed by atoms with van der Waals surface area (Å²) < 4.78 is 7.13. The highest BCUT2D eigenvalue weighted by atomic mass is 16.5. The van der Waals surface area contributed by atoms with Crippen LogP contribution in [-0.2, 0) is 9.53 Å². The molecular weight excluding hydrogens is 206 g/mol. The summed E-state index contributed by atoms with van der Waals surface area (Å²) in [5.74, 6) is 1.01. The molecule has 1 aromatic rings. The van der Waals surface area contributed by atoms with Crippen molar-refractivity contribution in [1.82, 2.24) is 14.5 Å². The molecule has 88 valence electrons. The summed E-state index contributed by atoms with van der Waals surface area (Å²) in [5, 5.41) is 0. The number of morpholine rings is 1. The summed E-state index contributed by atoms with van der Waals surface area (Å²) >= 11 is 0. The van der Waals surface area contributed by atoms with Gasteiger partial charge in [-0.05, 0) is 13.8 Å². The monoisotopic (exact) mass is 223 g/mol. The molecule has 0 aromatic carbocycles. The Morgan fingerprint density at radius 3 is 2.75 bits per heavy atom. The van der Waals surface area contributed by atoms with E-state index in [-0.39, 0.29) is 11.9 Å². The van der Waals surface area contributed by atoms with Gasteiger partial charge in [-0.3, -0.25) is 4.79 Å². The number of carbonyl (C=O) groups is 1. The Morgan fingerprint density at radius 1 is 1.50 bits per heavy atom. The van der Waals surface area contributed by atoms with Crippen molar-refractivity contribution in [2.24, 2.45) is 0 Å². The smallest absolute Gasteiger partial charge is 0.245 e. The first-order valence-corrected chi connectivity index (χ1v) is 5.56. The predicted octanol–water partition coefficient (Wildman–Crippen LogP) is 0.611. The fourth-order valence-corrected chi connectivity index (χ4v) is 1.96. The van der Waals surface area contributed by atoms with Crippen LogP contribution in [0.3, 0.4) is 0 Å². The third-order valence-electron chi connectivity index (χ3n) is 2.96. The molecule has 1 aromatic heterocycles. The molecule has 16 heavy (non-hydrogen) atoms. The Bertz CT molecular complexity index is 369. The molecule has 1 fully saturated rings. The molecule has 5 heteroatoms. The van der Waals surface area contributed by atoms with Crippen molar-refractivity contribution in [3.05, 3.63) is 18.2 Å². The van der Waals surface area contributed by atoms with Crippen molar-refractivity contribution in [2.45, 2.75) is 19.9 Å². The normalized spacial score (nSPS) is 18.5. The zero-order valence-corrected chi connectivity index (χ0v) is 9.72. The molecule has 0 aliphatic carbocycles. The first kappa shape index (κ1) is 11.1. The molecule has 1 aliphatic rings. The highest BCUT2D eigenvalue weighted by Gasteiger charge is 2.23. The second kappa shape index (κ2) is 4.65. The van der Waals surface area contributed by atoms with Crippen LogP contribution in [0.2, 0.25) is 0 Å². The van der Waals surface area contributed by atoms with Crippen molar-refractivity contribution in [3.8, 4) is 0 Å². The Balaban J connectivity index is 2.06. The van der Waals surface area contributed by atoms with Crippen LogP contribution in [0.4, 0.5) is 0 Å². The molecule has 5 nitrogen and oxygen atoms in total. The van der Waals surface area contributed by atoms with Crippen LogP contribution in [0.15, 0.2) is 12.4 Å². The molecule has 2 heterocycles. The van der Waals surface area contributed by atoms with Crippen molar-refractivity contribution >= 4 is 5.91 Å². The Morgan fingerprint density at radius 2 is 2.19 bits per heavy atom. The molecule has 1 aliphatic heterocycles. The Kier molecular flexibility index (Phi) is 3.24. The fraction of sp³-hybridized carbons (Fsp3) is 0.636. The molecule has 1 atom stereocenters. The number of ether oxygens (including phenoxy) is 1. The molecule has 0 bridgehead atoms. The summed E-state index contributed by atoms with van der Waals surface area (Å²) in [6, 6.07) is -0.180. The van der Waals surface area contributed by atoms with Gasteiger partial charge in [0.1, 0.15) is 11.9 Å². The second-order valence-electron chi connectivity index (χ2n) is 4.00. The van der Waals surface area contributed by atoms with Crippen LogP contribution in [0.25, 0.3) is 0 Å². The zero-order valence-electron chi connectivity index (χ0n) is 9.72. The standard InChI is InChI=1S/C11H17N3O2/c1-9(14-4-3-12-10(14)2)11(15)13-5-7-16-8-6-13/h3-4,9H,5-8H2,1-2H3. The van der Waals surface area contributed by atoms with E-state index in [1.54, 1.807) is 6.20 Å². The van der Waals surface area contributed by atoms with Crippen molar-refractivity contribution in [1.29, 1.82) is 0 Å². The van der Waals surface area contributed by atoms with Gasteiger partial charge in [-0.2, -0.15) is 0 Å². The van der Waals surface area contributed by atoms with Gasteiger partial charge >= 0.3 is 0 Å². The molecule has 0 saturated carbocycles. The number of carbonyl (C=O) groups excluding carboxylic acids is 1. The van der Waals surface area contributed by atoms with Gasteiger partial charge in [-0.25, -0.2) is 4.98 Å². The average Bonchev–Trinajstić information content (AvgIpc) is 2.75. The molecule has 1 unspecified atom stereocenters. The van der Waals surface area contributed by atoms with Crippen LogP contribution in [0.1, 0.15) is 18.8 Å². The lowest BCUT2D eigenvalue weighted by Crippen LogP contribution is -2.43. The molecule has 0 spiro atoms. The number of hydrogen-bond acceptors (Lipinski definition) is 3. The van der Waals surface area contributed by atoms with E-state index >= 15 is 0 Å². The maximum absolute atomic E-state index is 12.2. The summed E-state index contributed by atoms with van der Waals surface area (Å²) in [6.45, 7) is 6.48. The van der Waals surface area contributed by atoms with Gasteiger partial charge in [0, 0.05) is 25.5 Å². The van der Waals surface area contributed by atoms with Crippen LogP contribution in [0.5, 0.6) is 0 Å². The number of amides is 1. The lowest BCUT2D eigenvalue weighted by molar-refractivity contribution is -0.138. The molecular formula is C11H17N3O2. The van der Waals surface area contributed by atoms with Gasteiger partial charge in [0.25, 0.3) is 0 Å². The second-order valence-corrected chi connectivity index (χ2v) is 4.00. The minimum absolute atomic E-state index is 0.143. The largest absolute Gasteiger partial charge is 0.378 e. The first-order valence-electron chi connectivity index (χ1n) is 5.56. The number of imidazole rings is 1. The number of aromatic nitrogens is 2. The van der Waals surface area contributed by atoms with Gasteiger partial charge < -0.3 is 14.2 Å². The van der Waals surface area contributed by atoms with Crippen molar-refractivity contribution in [3.63, 3.8) is 0 Å². The average molecular weight is 223 g/mol. The molecule has 1 saturated heterocycles. The lowest BCUT2D eigenvalue weighted by atomic mass is 10.2. The van der Waals surface area contributed by atoms with Gasteiger partial charge in [-0.15, -0.1) is 0 Å². The van der Waals surface area contributed by atoms with Crippen molar-refractivity contribution in [2.75, 3.05) is 26.3 Å². The number of hydrogen-bond donors (Lipinski definition) is 0. The maximum Gasteiger partial charge on any atom is 0.245 e. The highest BCUT2D eigenvalue weighted by Crippen LogP contribution is 2.13. The summed E-state index contributed by atoms with van der Waals surface area (Å²) in [4.78, 5) is 18.2. The number of nitrogens with zero attached hydrogens (tertiary/aromatic N) is 3. The van der Waals surface area contributed by atoms with E-state index in [9.17, 15) is 4.79 Å². The SMILES string of the molecule is Cc1nccn1C(C)C(=O)N1CCOCC1. The van der Waals surface area contributed by atoms with E-state index < -0.39 is 0 Å². The summed E-state index contributed by atoms with van der Waals surface area (Å²) in [6.07, 6.45) is 3.57. The summed E-state index contributed by atoms with van der Waals surface area (Å²) in [7, 11) is 0. The van der Waals surface area contributed by atoms with Gasteiger partial charge in [0.05, 0.1) is 13.2 Å². The van der Waals surface area contributed by atoms with Crippen LogP contribution in [-0.4, -0.2) is 46.7 Å². The molecule has 0 N–H and O–H groups in total. The van der Waals surface area contributed by atoms with Crippen LogP contribution < -0.4 is 0 Å². The number of aryl methyl sites for hydroxylation is 1. The lowest BCUT2D eigenvalue weighted by Gasteiger charge is -2.29. The maximum atomic E-state index is 12.2. The molecule has 1 amide bonds. The van der Waals surface area contributed by atoms with Gasteiger partial charge in [0.2, 0.25) is 5.91 Å². The van der Waals surface area contributed by atoms with Crippen LogP contribution >= 0.6 is 0 Å². The van der Waals surface area contributed by atoms with Crippen molar-refractivity contribution < 1.29 is 9.53 Å². The quantitative estimate of drug-likeness (QED) is 0.738. The fourth-order valence-electron chi connectivity index (χ4n) is 1.96. The third kappa shape index (κ3) is 2.09. The van der Waals surface area contributed by atoms with E-state index in [1.165, 1.54) is 0 Å². The minimum Gasteiger partial charge on any atom is -0.378 e. The summed E-state index contributed by atoms with van der Waals surface area (Å²) in [5.41, 5.74) is 0. The van der Waals surface area contributed by atoms with E-state index in [0.29, 0.717) is 26.3 Å². The first-order chi connectivity index (χ1) is 7.70. The Labute approximate surface area is 95.0 Å². The third-order valence-corrected chi connectivity index (χ3v) is 2.96. The van der Waals surface area contributed by atoms with E-state index in [0.717, 1.165) is 5.82 Å². The van der Waals surface area contributed by atoms with Gasteiger partial charge in [-0.1, -0.05) is 0 Å². The predicted molar refractivity (Wildman–Crippen MR) is 59.1 cm³/mol. The molecule has 0 radical (unpaired) electrons. The van der Waals surface area contributed by atoms with E-state index in [1.807, 2.05) is 29.5 Å². The van der Waals surface area contributed by atoms with E-state index in [4.69, 9.17) is 4.74 Å². The van der Waals surface area contributed by atoms with Crippen LogP contribution in [0, 0.1) is 6.92 Å². The topological polar surface area (TPSA) is 47.4 Å². The zero-order chi connectivity index (χ0) is 11.5.